The molecule has 1 aromatic rings. The number of hydrogen-bond donors (Lipinski definition) is 1. The van der Waals surface area contributed by atoms with E-state index in [4.69, 9.17) is 0 Å². The molecule has 5 rings (SSSR count). The molecule has 158 valence electrons. The number of halogens is 1. The Kier molecular flexibility index (Phi) is 4.01. The number of Topliss-reactive ketones (excluding diaryl/α,β-unsaturated/α-hetero) is 1. The number of ketones is 1. The average molecular weight is 408 g/mol. The Morgan fingerprint density at radius 3 is 2.73 bits per heavy atom. The van der Waals surface area contributed by atoms with Crippen LogP contribution in [0.1, 0.15) is 71.4 Å². The van der Waals surface area contributed by atoms with Gasteiger partial charge in [-0.15, -0.1) is 0 Å². The van der Waals surface area contributed by atoms with E-state index in [0.717, 1.165) is 59.4 Å². The van der Waals surface area contributed by atoms with Crippen molar-refractivity contribution in [2.75, 3.05) is 0 Å². The van der Waals surface area contributed by atoms with E-state index in [2.05, 4.69) is 50.2 Å². The van der Waals surface area contributed by atoms with Crippen molar-refractivity contribution in [1.82, 2.24) is 5.32 Å². The summed E-state index contributed by atoms with van der Waals surface area (Å²) >= 11 is 0. The summed E-state index contributed by atoms with van der Waals surface area (Å²) in [4.78, 5) is 13.6. The molecule has 5 heteroatoms. The quantitative estimate of drug-likeness (QED) is 0.645. The van der Waals surface area contributed by atoms with Gasteiger partial charge in [-0.25, -0.2) is 4.39 Å². The number of benzene rings is 1. The van der Waals surface area contributed by atoms with Crippen molar-refractivity contribution in [3.05, 3.63) is 57.7 Å². The Morgan fingerprint density at radius 1 is 1.23 bits per heavy atom. The van der Waals surface area contributed by atoms with Gasteiger partial charge in [0.25, 0.3) is 0 Å². The first-order valence-electron chi connectivity index (χ1n) is 11.0. The Balaban J connectivity index is 1.81. The maximum absolute atomic E-state index is 14.5. The predicted molar refractivity (Wildman–Crippen MR) is 114 cm³/mol. The molecule has 4 nitrogen and oxygen atoms in total. The molecule has 2 aliphatic heterocycles. The molecule has 2 heterocycles. The maximum Gasteiger partial charge on any atom is 0.165 e. The van der Waals surface area contributed by atoms with Gasteiger partial charge in [-0.2, -0.15) is 10.2 Å². The lowest BCUT2D eigenvalue weighted by Gasteiger charge is -2.47. The second kappa shape index (κ2) is 6.12. The number of carbonyl (C=O) groups excluding carboxylic acids is 1. The molecule has 1 N–H and O–H groups in total. The highest BCUT2D eigenvalue weighted by Gasteiger charge is 2.57. The van der Waals surface area contributed by atoms with Crippen LogP contribution in [0, 0.1) is 16.6 Å². The fourth-order valence-electron chi connectivity index (χ4n) is 6.01. The lowest BCUT2D eigenvalue weighted by Crippen LogP contribution is -2.51. The summed E-state index contributed by atoms with van der Waals surface area (Å²) in [7, 11) is 0. The van der Waals surface area contributed by atoms with Gasteiger partial charge in [0.2, 0.25) is 0 Å². The molecule has 1 aromatic carbocycles. The van der Waals surface area contributed by atoms with Crippen LogP contribution in [0.25, 0.3) is 0 Å². The number of hydrogen-bond acceptors (Lipinski definition) is 4. The van der Waals surface area contributed by atoms with E-state index in [1.165, 1.54) is 6.07 Å². The first-order valence-corrected chi connectivity index (χ1v) is 11.0. The normalized spacial score (nSPS) is 29.3. The molecule has 2 atom stereocenters. The van der Waals surface area contributed by atoms with Gasteiger partial charge in [-0.3, -0.25) is 4.79 Å². The van der Waals surface area contributed by atoms with Gasteiger partial charge in [0, 0.05) is 23.3 Å². The third-order valence-corrected chi connectivity index (χ3v) is 6.95. The number of rotatable bonds is 1. The van der Waals surface area contributed by atoms with Crippen molar-refractivity contribution in [2.45, 2.75) is 78.3 Å². The lowest BCUT2D eigenvalue weighted by atomic mass is 9.59. The minimum atomic E-state index is -0.611. The standard InChI is InChI=1S/C25H30FN3O/c1-23(2,3)11-18-21-22(29-28-18)27-17-12-24(4,5)13-19(30)20(17)25(21)9-8-14-6-7-15(26)10-16(14)25/h6-7,10,22,27H,8-9,11-13H2,1-5H3. The zero-order valence-electron chi connectivity index (χ0n) is 18.5. The highest BCUT2D eigenvalue weighted by Crippen LogP contribution is 2.59. The average Bonchev–Trinajstić information content (AvgIpc) is 3.15. The fourth-order valence-corrected chi connectivity index (χ4v) is 6.01. The Bertz CT molecular complexity index is 1060. The Morgan fingerprint density at radius 2 is 2.00 bits per heavy atom. The molecule has 0 saturated heterocycles. The molecule has 2 aliphatic carbocycles. The van der Waals surface area contributed by atoms with E-state index in [0.29, 0.717) is 6.42 Å². The maximum atomic E-state index is 14.5. The van der Waals surface area contributed by atoms with Crippen LogP contribution in [-0.2, 0) is 16.6 Å². The predicted octanol–water partition coefficient (Wildman–Crippen LogP) is 5.74. The highest BCUT2D eigenvalue weighted by atomic mass is 19.1. The Labute approximate surface area is 177 Å². The molecule has 30 heavy (non-hydrogen) atoms. The van der Waals surface area contributed by atoms with E-state index in [-0.39, 0.29) is 28.6 Å². The zero-order valence-corrected chi connectivity index (χ0v) is 18.5. The largest absolute Gasteiger partial charge is 0.362 e. The lowest BCUT2D eigenvalue weighted by molar-refractivity contribution is -0.119. The van der Waals surface area contributed by atoms with E-state index in [1.807, 2.05) is 6.07 Å². The molecule has 0 radical (unpaired) electrons. The molecule has 4 aliphatic rings. The van der Waals surface area contributed by atoms with E-state index < -0.39 is 5.41 Å². The SMILES string of the molecule is CC(C)(C)CC1=C2C(N=N1)NC1=C(C(=O)CC(C)(C)C1)C21CCc2ccc(F)cc21. The highest BCUT2D eigenvalue weighted by molar-refractivity contribution is 6.02. The van der Waals surface area contributed by atoms with Crippen LogP contribution in [0.2, 0.25) is 0 Å². The number of carbonyl (C=O) groups is 1. The van der Waals surface area contributed by atoms with Crippen LogP contribution in [0.5, 0.6) is 0 Å². The van der Waals surface area contributed by atoms with Crippen LogP contribution in [-0.4, -0.2) is 11.9 Å². The summed E-state index contributed by atoms with van der Waals surface area (Å²) in [5, 5.41) is 12.8. The van der Waals surface area contributed by atoms with E-state index >= 15 is 0 Å². The molecule has 2 unspecified atom stereocenters. The third-order valence-electron chi connectivity index (χ3n) is 6.95. The monoisotopic (exact) mass is 407 g/mol. The first kappa shape index (κ1) is 19.7. The minimum absolute atomic E-state index is 0.0357. The summed E-state index contributed by atoms with van der Waals surface area (Å²) in [6.07, 6.45) is 3.44. The molecule has 0 amide bonds. The van der Waals surface area contributed by atoms with Gasteiger partial charge in [0.1, 0.15) is 5.82 Å². The van der Waals surface area contributed by atoms with Crippen molar-refractivity contribution in [3.8, 4) is 0 Å². The number of aryl methyl sites for hydroxylation is 1. The molecule has 0 fully saturated rings. The summed E-state index contributed by atoms with van der Waals surface area (Å²) in [6.45, 7) is 10.8. The molecule has 1 spiro atoms. The van der Waals surface area contributed by atoms with Gasteiger partial charge >= 0.3 is 0 Å². The van der Waals surface area contributed by atoms with E-state index in [9.17, 15) is 9.18 Å². The van der Waals surface area contributed by atoms with Gasteiger partial charge in [0.15, 0.2) is 11.9 Å². The van der Waals surface area contributed by atoms with Crippen LogP contribution >= 0.6 is 0 Å². The smallest absolute Gasteiger partial charge is 0.165 e. The number of azo groups is 1. The van der Waals surface area contributed by atoms with Gasteiger partial charge in [-0.05, 0) is 59.8 Å². The van der Waals surface area contributed by atoms with Crippen molar-refractivity contribution in [3.63, 3.8) is 0 Å². The summed E-state index contributed by atoms with van der Waals surface area (Å²) in [5.74, 6) is -0.0699. The number of fused-ring (bicyclic) bond motifs is 5. The molecule has 0 bridgehead atoms. The first-order chi connectivity index (χ1) is 14.0. The van der Waals surface area contributed by atoms with Crippen molar-refractivity contribution < 1.29 is 9.18 Å². The van der Waals surface area contributed by atoms with Gasteiger partial charge < -0.3 is 5.32 Å². The molecular formula is C25H30FN3O. The number of nitrogens with zero attached hydrogens (tertiary/aromatic N) is 2. The van der Waals surface area contributed by atoms with Crippen LogP contribution in [0.4, 0.5) is 4.39 Å². The zero-order chi connectivity index (χ0) is 21.5. The van der Waals surface area contributed by atoms with Gasteiger partial charge in [0.05, 0.1) is 11.1 Å². The number of nitrogens with one attached hydrogen (secondary N) is 1. The molecule has 0 saturated carbocycles. The Hall–Kier alpha value is -2.30. The second-order valence-corrected chi connectivity index (χ2v) is 11.4. The van der Waals surface area contributed by atoms with Crippen molar-refractivity contribution in [2.24, 2.45) is 21.1 Å². The van der Waals surface area contributed by atoms with Crippen LogP contribution in [0.3, 0.4) is 0 Å². The summed E-state index contributed by atoms with van der Waals surface area (Å²) in [6, 6.07) is 5.08. The molecule has 0 aromatic heterocycles. The summed E-state index contributed by atoms with van der Waals surface area (Å²) < 4.78 is 14.5. The summed E-state index contributed by atoms with van der Waals surface area (Å²) in [5.41, 5.74) is 5.27. The van der Waals surface area contributed by atoms with Gasteiger partial charge in [-0.1, -0.05) is 40.7 Å². The second-order valence-electron chi connectivity index (χ2n) is 11.4. The van der Waals surface area contributed by atoms with Crippen molar-refractivity contribution >= 4 is 5.78 Å². The van der Waals surface area contributed by atoms with Crippen LogP contribution in [0.15, 0.2) is 51.0 Å². The fraction of sp³-hybridized carbons (Fsp3) is 0.560. The number of allylic oxidation sites excluding steroid dienone is 3. The third kappa shape index (κ3) is 2.81. The van der Waals surface area contributed by atoms with Crippen LogP contribution < -0.4 is 5.32 Å². The van der Waals surface area contributed by atoms with E-state index in [1.54, 1.807) is 6.07 Å². The van der Waals surface area contributed by atoms with Crippen molar-refractivity contribution in [1.29, 1.82) is 0 Å². The topological polar surface area (TPSA) is 53.8 Å². The molecular weight excluding hydrogens is 377 g/mol. The minimum Gasteiger partial charge on any atom is -0.362 e.